The molecule has 1 unspecified atom stereocenters. The van der Waals surface area contributed by atoms with Gasteiger partial charge in [0.1, 0.15) is 5.82 Å². The van der Waals surface area contributed by atoms with E-state index >= 15 is 0 Å². The largest absolute Gasteiger partial charge is 0.377 e. The quantitative estimate of drug-likeness (QED) is 0.555. The molecule has 0 N–H and O–H groups in total. The van der Waals surface area contributed by atoms with E-state index in [1.807, 2.05) is 6.07 Å². The van der Waals surface area contributed by atoms with E-state index in [1.165, 1.54) is 0 Å². The minimum absolute atomic E-state index is 0.156. The Hall–Kier alpha value is -1.36. The van der Waals surface area contributed by atoms with Gasteiger partial charge in [-0.3, -0.25) is 4.57 Å². The summed E-state index contributed by atoms with van der Waals surface area (Å²) in [5, 5.41) is 0. The van der Waals surface area contributed by atoms with Gasteiger partial charge < -0.3 is 9.64 Å². The Kier molecular flexibility index (Phi) is 1.61. The summed E-state index contributed by atoms with van der Waals surface area (Å²) in [6, 6.07) is 2.22. The van der Waals surface area contributed by atoms with Crippen LogP contribution in [0.3, 0.4) is 0 Å². The molecule has 5 nitrogen and oxygen atoms in total. The van der Waals surface area contributed by atoms with Gasteiger partial charge >= 0.3 is 5.69 Å². The standard InChI is InChI=1S/C9H11N3O2/c13-9-10-2-1-8-11-3-4-14-6-7(11)5-12(8)9/h1-2,7H,3-6H2. The predicted molar refractivity (Wildman–Crippen MR) is 50.5 cm³/mol. The molecular weight excluding hydrogens is 182 g/mol. The molecule has 1 atom stereocenters. The van der Waals surface area contributed by atoms with Crippen LogP contribution in [-0.2, 0) is 11.3 Å². The van der Waals surface area contributed by atoms with Crippen LogP contribution >= 0.6 is 0 Å². The van der Waals surface area contributed by atoms with Crippen molar-refractivity contribution in [2.24, 2.45) is 0 Å². The highest BCUT2D eigenvalue weighted by atomic mass is 16.5. The van der Waals surface area contributed by atoms with E-state index in [1.54, 1.807) is 10.8 Å². The molecule has 0 aromatic carbocycles. The summed E-state index contributed by atoms with van der Waals surface area (Å²) in [5.74, 6) is 0.985. The molecule has 1 aromatic heterocycles. The Morgan fingerprint density at radius 3 is 3.43 bits per heavy atom. The van der Waals surface area contributed by atoms with Crippen molar-refractivity contribution < 1.29 is 4.74 Å². The molecule has 0 radical (unpaired) electrons. The number of hydrogen-bond acceptors (Lipinski definition) is 4. The van der Waals surface area contributed by atoms with Crippen LogP contribution < -0.4 is 10.6 Å². The topological polar surface area (TPSA) is 47.4 Å². The third-order valence-corrected chi connectivity index (χ3v) is 2.83. The molecule has 1 fully saturated rings. The van der Waals surface area contributed by atoms with E-state index in [2.05, 4.69) is 9.88 Å². The zero-order chi connectivity index (χ0) is 9.54. The lowest BCUT2D eigenvalue weighted by molar-refractivity contribution is 0.0956. The van der Waals surface area contributed by atoms with E-state index in [-0.39, 0.29) is 5.69 Å². The van der Waals surface area contributed by atoms with Gasteiger partial charge in [-0.25, -0.2) is 9.78 Å². The fourth-order valence-electron chi connectivity index (χ4n) is 2.17. The predicted octanol–water partition coefficient (Wildman–Crippen LogP) is -0.538. The summed E-state index contributed by atoms with van der Waals surface area (Å²) >= 11 is 0. The van der Waals surface area contributed by atoms with Gasteiger partial charge in [0, 0.05) is 12.7 Å². The normalized spacial score (nSPS) is 24.6. The van der Waals surface area contributed by atoms with E-state index in [0.717, 1.165) is 19.0 Å². The van der Waals surface area contributed by atoms with Crippen LogP contribution in [0.1, 0.15) is 0 Å². The van der Waals surface area contributed by atoms with Gasteiger partial charge in [-0.2, -0.15) is 0 Å². The maximum atomic E-state index is 11.4. The molecule has 74 valence electrons. The number of nitrogens with zero attached hydrogens (tertiary/aromatic N) is 3. The highest BCUT2D eigenvalue weighted by Gasteiger charge is 2.32. The van der Waals surface area contributed by atoms with Gasteiger partial charge in [0.05, 0.1) is 25.8 Å². The van der Waals surface area contributed by atoms with Gasteiger partial charge in [-0.15, -0.1) is 0 Å². The van der Waals surface area contributed by atoms with Gasteiger partial charge in [0.2, 0.25) is 0 Å². The number of rotatable bonds is 0. The Labute approximate surface area is 80.9 Å². The molecule has 1 saturated heterocycles. The zero-order valence-electron chi connectivity index (χ0n) is 7.72. The molecule has 0 saturated carbocycles. The first-order valence-corrected chi connectivity index (χ1v) is 4.76. The minimum Gasteiger partial charge on any atom is -0.377 e. The Bertz CT molecular complexity index is 415. The van der Waals surface area contributed by atoms with Crippen LogP contribution in [-0.4, -0.2) is 35.4 Å². The van der Waals surface area contributed by atoms with E-state index in [0.29, 0.717) is 19.2 Å². The van der Waals surface area contributed by atoms with Crippen LogP contribution in [0.15, 0.2) is 17.1 Å². The lowest BCUT2D eigenvalue weighted by Gasteiger charge is -2.30. The van der Waals surface area contributed by atoms with Gasteiger partial charge in [-0.1, -0.05) is 0 Å². The minimum atomic E-state index is -0.156. The Balaban J connectivity index is 2.09. The summed E-state index contributed by atoms with van der Waals surface area (Å²) < 4.78 is 7.10. The molecule has 3 rings (SSSR count). The lowest BCUT2D eigenvalue weighted by atomic mass is 10.2. The zero-order valence-corrected chi connectivity index (χ0v) is 7.72. The van der Waals surface area contributed by atoms with Crippen molar-refractivity contribution in [2.75, 3.05) is 24.7 Å². The molecule has 5 heteroatoms. The van der Waals surface area contributed by atoms with Crippen molar-refractivity contribution in [1.29, 1.82) is 0 Å². The number of aromatic nitrogens is 2. The molecule has 3 heterocycles. The summed E-state index contributed by atoms with van der Waals surface area (Å²) in [6.45, 7) is 3.03. The molecule has 0 amide bonds. The van der Waals surface area contributed by atoms with Gasteiger partial charge in [-0.05, 0) is 6.07 Å². The maximum Gasteiger partial charge on any atom is 0.349 e. The Morgan fingerprint density at radius 2 is 2.50 bits per heavy atom. The van der Waals surface area contributed by atoms with Gasteiger partial charge in [0.25, 0.3) is 0 Å². The second kappa shape index (κ2) is 2.81. The maximum absolute atomic E-state index is 11.4. The van der Waals surface area contributed by atoms with E-state index in [4.69, 9.17) is 4.74 Å². The first kappa shape index (κ1) is 7.99. The summed E-state index contributed by atoms with van der Waals surface area (Å²) in [7, 11) is 0. The van der Waals surface area contributed by atoms with Crippen molar-refractivity contribution in [1.82, 2.24) is 9.55 Å². The van der Waals surface area contributed by atoms with Crippen LogP contribution in [0.25, 0.3) is 0 Å². The average Bonchev–Trinajstić information content (AvgIpc) is 2.59. The number of hydrogen-bond donors (Lipinski definition) is 0. The highest BCUT2D eigenvalue weighted by Crippen LogP contribution is 2.25. The number of fused-ring (bicyclic) bond motifs is 3. The summed E-state index contributed by atoms with van der Waals surface area (Å²) in [6.07, 6.45) is 1.58. The van der Waals surface area contributed by atoms with Crippen LogP contribution in [0, 0.1) is 0 Å². The lowest BCUT2D eigenvalue weighted by Crippen LogP contribution is -2.43. The second-order valence-electron chi connectivity index (χ2n) is 3.62. The van der Waals surface area contributed by atoms with Crippen molar-refractivity contribution in [3.8, 4) is 0 Å². The van der Waals surface area contributed by atoms with Crippen molar-refractivity contribution in [3.05, 3.63) is 22.7 Å². The number of ether oxygens (including phenoxy) is 1. The van der Waals surface area contributed by atoms with Crippen molar-refractivity contribution in [3.63, 3.8) is 0 Å². The van der Waals surface area contributed by atoms with Crippen molar-refractivity contribution in [2.45, 2.75) is 12.6 Å². The van der Waals surface area contributed by atoms with Crippen molar-refractivity contribution >= 4 is 5.82 Å². The average molecular weight is 193 g/mol. The summed E-state index contributed by atoms with van der Waals surface area (Å²) in [5.41, 5.74) is -0.156. The second-order valence-corrected chi connectivity index (χ2v) is 3.62. The molecule has 0 aliphatic carbocycles. The highest BCUT2D eigenvalue weighted by molar-refractivity contribution is 5.44. The first-order valence-electron chi connectivity index (χ1n) is 4.76. The fourth-order valence-corrected chi connectivity index (χ4v) is 2.17. The monoisotopic (exact) mass is 193 g/mol. The molecule has 0 spiro atoms. The third kappa shape index (κ3) is 0.988. The molecule has 14 heavy (non-hydrogen) atoms. The van der Waals surface area contributed by atoms with Gasteiger partial charge in [0.15, 0.2) is 0 Å². The number of morpholine rings is 1. The Morgan fingerprint density at radius 1 is 1.57 bits per heavy atom. The van der Waals surface area contributed by atoms with Crippen LogP contribution in [0.5, 0.6) is 0 Å². The molecule has 2 aliphatic rings. The van der Waals surface area contributed by atoms with E-state index < -0.39 is 0 Å². The molecule has 0 bridgehead atoms. The molecule has 2 aliphatic heterocycles. The molecular formula is C9H11N3O2. The van der Waals surface area contributed by atoms with Crippen LogP contribution in [0.4, 0.5) is 5.82 Å². The smallest absolute Gasteiger partial charge is 0.349 e. The molecule has 1 aromatic rings. The van der Waals surface area contributed by atoms with E-state index in [9.17, 15) is 4.79 Å². The number of anilines is 1. The fraction of sp³-hybridized carbons (Fsp3) is 0.556. The first-order chi connectivity index (χ1) is 6.86. The van der Waals surface area contributed by atoms with Crippen LogP contribution in [0.2, 0.25) is 0 Å². The summed E-state index contributed by atoms with van der Waals surface area (Å²) in [4.78, 5) is 17.4. The SMILES string of the molecule is O=c1nccc2n1CC1COCCN21. The third-order valence-electron chi connectivity index (χ3n) is 2.83.